The zero-order valence-electron chi connectivity index (χ0n) is 15.7. The largest absolute Gasteiger partial charge is 0.455 e. The van der Waals surface area contributed by atoms with Gasteiger partial charge in [-0.05, 0) is 46.6 Å². The minimum absolute atomic E-state index is 0.0833. The third-order valence-electron chi connectivity index (χ3n) is 4.79. The van der Waals surface area contributed by atoms with Crippen molar-refractivity contribution in [1.82, 2.24) is 4.90 Å². The number of esters is 1. The highest BCUT2D eigenvalue weighted by Crippen LogP contribution is 2.29. The Balaban J connectivity index is 1.51. The van der Waals surface area contributed by atoms with Gasteiger partial charge in [0.05, 0.1) is 17.0 Å². The lowest BCUT2D eigenvalue weighted by molar-refractivity contribution is -0.151. The Morgan fingerprint density at radius 2 is 2.00 bits per heavy atom. The fourth-order valence-electron chi connectivity index (χ4n) is 3.20. The van der Waals surface area contributed by atoms with Crippen LogP contribution in [0.2, 0.25) is 5.02 Å². The number of carbonyl (C=O) groups excluding carboxylic acids is 3. The normalized spacial score (nSPS) is 17.1. The third kappa shape index (κ3) is 5.36. The summed E-state index contributed by atoms with van der Waals surface area (Å²) in [5, 5.41) is 3.07. The maximum atomic E-state index is 12.4. The number of halogens is 2. The van der Waals surface area contributed by atoms with Crippen molar-refractivity contribution < 1.29 is 19.1 Å². The molecule has 2 atom stereocenters. The van der Waals surface area contributed by atoms with Gasteiger partial charge in [-0.25, -0.2) is 0 Å². The average Bonchev–Trinajstić information content (AvgIpc) is 3.11. The summed E-state index contributed by atoms with van der Waals surface area (Å²) in [6.07, 6.45) is 0.0833. The summed E-state index contributed by atoms with van der Waals surface area (Å²) in [4.78, 5) is 38.4. The second kappa shape index (κ2) is 9.41. The lowest BCUT2D eigenvalue weighted by Crippen LogP contribution is -2.30. The number of likely N-dealkylation sites (tertiary alicyclic amines) is 1. The highest BCUT2D eigenvalue weighted by Gasteiger charge is 2.38. The first-order chi connectivity index (χ1) is 13.8. The van der Waals surface area contributed by atoms with E-state index < -0.39 is 24.4 Å². The van der Waals surface area contributed by atoms with Crippen molar-refractivity contribution in [3.8, 4) is 0 Å². The quantitative estimate of drug-likeness (QED) is 0.630. The number of carbonyl (C=O) groups is 3. The van der Waals surface area contributed by atoms with Crippen LogP contribution >= 0.6 is 27.5 Å². The molecular formula is C21H20BrClN2O4. The van der Waals surface area contributed by atoms with E-state index in [1.54, 1.807) is 23.1 Å². The topological polar surface area (TPSA) is 75.7 Å². The van der Waals surface area contributed by atoms with Crippen molar-refractivity contribution in [1.29, 1.82) is 0 Å². The van der Waals surface area contributed by atoms with Crippen LogP contribution in [0.3, 0.4) is 0 Å². The van der Waals surface area contributed by atoms with Gasteiger partial charge in [-0.3, -0.25) is 14.4 Å². The van der Waals surface area contributed by atoms with E-state index in [1.807, 2.05) is 37.3 Å². The number of benzene rings is 2. The number of rotatable bonds is 6. The van der Waals surface area contributed by atoms with Gasteiger partial charge in [-0.2, -0.15) is 0 Å². The zero-order chi connectivity index (χ0) is 21.0. The van der Waals surface area contributed by atoms with Gasteiger partial charge in [0, 0.05) is 23.1 Å². The number of anilines is 1. The summed E-state index contributed by atoms with van der Waals surface area (Å²) in [6, 6.07) is 14.5. The van der Waals surface area contributed by atoms with Gasteiger partial charge in [0.2, 0.25) is 5.91 Å². The molecule has 1 aliphatic heterocycles. The van der Waals surface area contributed by atoms with Crippen molar-refractivity contribution in [2.24, 2.45) is 5.92 Å². The number of nitrogens with zero attached hydrogens (tertiary/aromatic N) is 1. The maximum absolute atomic E-state index is 12.4. The fraction of sp³-hybridized carbons (Fsp3) is 0.286. The molecular weight excluding hydrogens is 460 g/mol. The SMILES string of the molecule is C[C@H](c1ccccc1)N1C[C@H](C(=O)OCC(=O)Nc2ccc(Br)c(Cl)c2)CC1=O. The van der Waals surface area contributed by atoms with Crippen LogP contribution in [0.25, 0.3) is 0 Å². The van der Waals surface area contributed by atoms with Crippen LogP contribution in [0.5, 0.6) is 0 Å². The van der Waals surface area contributed by atoms with Gasteiger partial charge in [-0.1, -0.05) is 41.9 Å². The first kappa shape index (κ1) is 21.3. The van der Waals surface area contributed by atoms with Crippen LogP contribution in [-0.4, -0.2) is 35.8 Å². The predicted octanol–water partition coefficient (Wildman–Crippen LogP) is 4.19. The van der Waals surface area contributed by atoms with E-state index in [0.717, 1.165) is 5.56 Å². The Morgan fingerprint density at radius 3 is 2.69 bits per heavy atom. The molecule has 3 rings (SSSR count). The highest BCUT2D eigenvalue weighted by atomic mass is 79.9. The van der Waals surface area contributed by atoms with Crippen LogP contribution in [0.1, 0.15) is 24.9 Å². The third-order valence-corrected chi connectivity index (χ3v) is 6.02. The van der Waals surface area contributed by atoms with Gasteiger partial charge < -0.3 is 15.0 Å². The Bertz CT molecular complexity index is 922. The Labute approximate surface area is 182 Å². The van der Waals surface area contributed by atoms with E-state index in [0.29, 0.717) is 15.2 Å². The Hall–Kier alpha value is -2.38. The van der Waals surface area contributed by atoms with E-state index >= 15 is 0 Å². The molecule has 2 aromatic rings. The molecule has 0 bridgehead atoms. The summed E-state index contributed by atoms with van der Waals surface area (Å²) in [5.41, 5.74) is 1.50. The summed E-state index contributed by atoms with van der Waals surface area (Å²) in [7, 11) is 0. The lowest BCUT2D eigenvalue weighted by atomic mass is 10.1. The summed E-state index contributed by atoms with van der Waals surface area (Å²) < 4.78 is 5.84. The molecule has 1 N–H and O–H groups in total. The van der Waals surface area contributed by atoms with Crippen LogP contribution in [0.15, 0.2) is 53.0 Å². The number of amides is 2. The molecule has 0 spiro atoms. The molecule has 2 amide bonds. The van der Waals surface area contributed by atoms with Crippen molar-refractivity contribution in [3.63, 3.8) is 0 Å². The molecule has 8 heteroatoms. The number of nitrogens with one attached hydrogen (secondary N) is 1. The van der Waals surface area contributed by atoms with Crippen LogP contribution in [-0.2, 0) is 19.1 Å². The maximum Gasteiger partial charge on any atom is 0.311 e. The summed E-state index contributed by atoms with van der Waals surface area (Å²) in [5.74, 6) is -1.71. The number of hydrogen-bond acceptors (Lipinski definition) is 4. The monoisotopic (exact) mass is 478 g/mol. The molecule has 0 saturated carbocycles. The molecule has 0 aliphatic carbocycles. The van der Waals surface area contributed by atoms with Gasteiger partial charge in [-0.15, -0.1) is 0 Å². The summed E-state index contributed by atoms with van der Waals surface area (Å²) in [6.45, 7) is 1.78. The molecule has 2 aromatic carbocycles. The van der Waals surface area contributed by atoms with Crippen LogP contribution in [0.4, 0.5) is 5.69 Å². The summed E-state index contributed by atoms with van der Waals surface area (Å²) >= 11 is 9.26. The standard InChI is InChI=1S/C21H20BrClN2O4/c1-13(14-5-3-2-4-6-14)25-11-15(9-20(25)27)21(28)29-12-19(26)24-16-7-8-17(22)18(23)10-16/h2-8,10,13,15H,9,11-12H2,1H3,(H,24,26)/t13-,15-/m1/s1. The zero-order valence-corrected chi connectivity index (χ0v) is 18.1. The van der Waals surface area contributed by atoms with Crippen LogP contribution in [0, 0.1) is 5.92 Å². The van der Waals surface area contributed by atoms with Gasteiger partial charge >= 0.3 is 5.97 Å². The molecule has 152 valence electrons. The van der Waals surface area contributed by atoms with E-state index in [1.165, 1.54) is 0 Å². The Morgan fingerprint density at radius 1 is 1.28 bits per heavy atom. The predicted molar refractivity (Wildman–Crippen MR) is 113 cm³/mol. The molecule has 1 heterocycles. The van der Waals surface area contributed by atoms with Gasteiger partial charge in [0.15, 0.2) is 6.61 Å². The van der Waals surface area contributed by atoms with Crippen molar-refractivity contribution in [2.45, 2.75) is 19.4 Å². The van der Waals surface area contributed by atoms with E-state index in [4.69, 9.17) is 16.3 Å². The molecule has 0 radical (unpaired) electrons. The molecule has 0 aromatic heterocycles. The van der Waals surface area contributed by atoms with E-state index in [2.05, 4.69) is 21.2 Å². The second-order valence-corrected chi connectivity index (χ2v) is 8.08. The van der Waals surface area contributed by atoms with Gasteiger partial charge in [0.1, 0.15) is 0 Å². The first-order valence-corrected chi connectivity index (χ1v) is 10.3. The molecule has 0 unspecified atom stereocenters. The number of hydrogen-bond donors (Lipinski definition) is 1. The van der Waals surface area contributed by atoms with Crippen LogP contribution < -0.4 is 5.32 Å². The molecule has 1 fully saturated rings. The smallest absolute Gasteiger partial charge is 0.311 e. The molecule has 6 nitrogen and oxygen atoms in total. The van der Waals surface area contributed by atoms with Crippen molar-refractivity contribution in [3.05, 3.63) is 63.6 Å². The Kier molecular flexibility index (Phi) is 6.92. The minimum Gasteiger partial charge on any atom is -0.455 e. The number of ether oxygens (including phenoxy) is 1. The van der Waals surface area contributed by atoms with Crippen molar-refractivity contribution >= 4 is 51.0 Å². The van der Waals surface area contributed by atoms with E-state index in [9.17, 15) is 14.4 Å². The molecule has 1 saturated heterocycles. The first-order valence-electron chi connectivity index (χ1n) is 9.11. The highest BCUT2D eigenvalue weighted by molar-refractivity contribution is 9.10. The van der Waals surface area contributed by atoms with E-state index in [-0.39, 0.29) is 24.9 Å². The minimum atomic E-state index is -0.580. The molecule has 29 heavy (non-hydrogen) atoms. The average molecular weight is 480 g/mol. The van der Waals surface area contributed by atoms with Crippen molar-refractivity contribution in [2.75, 3.05) is 18.5 Å². The lowest BCUT2D eigenvalue weighted by Gasteiger charge is -2.25. The second-order valence-electron chi connectivity index (χ2n) is 6.82. The van der Waals surface area contributed by atoms with Gasteiger partial charge in [0.25, 0.3) is 5.91 Å². The fourth-order valence-corrected chi connectivity index (χ4v) is 3.63. The molecule has 1 aliphatic rings.